The van der Waals surface area contributed by atoms with Crippen LogP contribution in [0.5, 0.6) is 0 Å². The van der Waals surface area contributed by atoms with E-state index < -0.39 is 0 Å². The fourth-order valence-corrected chi connectivity index (χ4v) is 2.32. The van der Waals surface area contributed by atoms with Crippen molar-refractivity contribution in [2.45, 2.75) is 19.9 Å². The number of rotatable bonds is 4. The zero-order valence-electron chi connectivity index (χ0n) is 12.4. The van der Waals surface area contributed by atoms with E-state index in [1.807, 2.05) is 19.9 Å². The fourth-order valence-electron chi connectivity index (χ4n) is 1.92. The lowest BCUT2D eigenvalue weighted by atomic mass is 10.1. The number of carbonyl (C=O) groups is 2. The minimum absolute atomic E-state index is 0.0624. The fraction of sp³-hybridized carbons (Fsp3) is 0.176. The third-order valence-corrected chi connectivity index (χ3v) is 3.38. The van der Waals surface area contributed by atoms with Crippen molar-refractivity contribution >= 4 is 33.4 Å². The maximum absolute atomic E-state index is 12.2. The molecule has 2 amide bonds. The zero-order valence-corrected chi connectivity index (χ0v) is 14.0. The Balaban J connectivity index is 2.13. The smallest absolute Gasteiger partial charge is 0.255 e. The molecule has 0 aromatic heterocycles. The summed E-state index contributed by atoms with van der Waals surface area (Å²) in [5.41, 5.74) is 1.65. The summed E-state index contributed by atoms with van der Waals surface area (Å²) < 4.78 is 0.838. The Bertz CT molecular complexity index is 699. The van der Waals surface area contributed by atoms with Gasteiger partial charge in [0.05, 0.1) is 0 Å². The largest absolute Gasteiger partial charge is 0.350 e. The molecule has 2 aromatic rings. The van der Waals surface area contributed by atoms with Gasteiger partial charge in [0.1, 0.15) is 0 Å². The maximum Gasteiger partial charge on any atom is 0.255 e. The molecule has 2 aromatic carbocycles. The van der Waals surface area contributed by atoms with Crippen molar-refractivity contribution < 1.29 is 9.59 Å². The zero-order chi connectivity index (χ0) is 16.1. The Kier molecular flexibility index (Phi) is 5.33. The van der Waals surface area contributed by atoms with Crippen LogP contribution in [-0.2, 0) is 0 Å². The van der Waals surface area contributed by atoms with Crippen LogP contribution in [0.25, 0.3) is 0 Å². The first-order valence-corrected chi connectivity index (χ1v) is 7.73. The normalized spacial score (nSPS) is 10.4. The minimum Gasteiger partial charge on any atom is -0.350 e. The van der Waals surface area contributed by atoms with Crippen molar-refractivity contribution in [3.63, 3.8) is 0 Å². The number of hydrogen-bond donors (Lipinski definition) is 2. The van der Waals surface area contributed by atoms with Gasteiger partial charge in [0, 0.05) is 27.3 Å². The van der Waals surface area contributed by atoms with Gasteiger partial charge in [0.2, 0.25) is 0 Å². The van der Waals surface area contributed by atoms with Crippen LogP contribution in [0.3, 0.4) is 0 Å². The van der Waals surface area contributed by atoms with Gasteiger partial charge in [-0.3, -0.25) is 9.59 Å². The average Bonchev–Trinajstić information content (AvgIpc) is 2.47. The van der Waals surface area contributed by atoms with E-state index in [0.717, 1.165) is 4.47 Å². The predicted octanol–water partition coefficient (Wildman–Crippen LogP) is 3.84. The van der Waals surface area contributed by atoms with Gasteiger partial charge in [-0.1, -0.05) is 28.1 Å². The maximum atomic E-state index is 12.2. The second kappa shape index (κ2) is 7.22. The molecule has 0 aliphatic rings. The number of anilines is 1. The molecule has 0 aliphatic heterocycles. The molecule has 2 rings (SSSR count). The van der Waals surface area contributed by atoms with Crippen LogP contribution in [0.15, 0.2) is 53.0 Å². The molecule has 114 valence electrons. The van der Waals surface area contributed by atoms with Crippen molar-refractivity contribution in [2.75, 3.05) is 5.32 Å². The van der Waals surface area contributed by atoms with Crippen molar-refractivity contribution in [1.29, 1.82) is 0 Å². The molecule has 4 nitrogen and oxygen atoms in total. The van der Waals surface area contributed by atoms with Gasteiger partial charge in [-0.2, -0.15) is 0 Å². The molecule has 0 atom stereocenters. The first-order valence-electron chi connectivity index (χ1n) is 6.93. The van der Waals surface area contributed by atoms with Gasteiger partial charge in [-0.05, 0) is 50.2 Å². The van der Waals surface area contributed by atoms with Crippen LogP contribution in [0, 0.1) is 0 Å². The molecule has 0 heterocycles. The van der Waals surface area contributed by atoms with Crippen LogP contribution in [0.4, 0.5) is 5.69 Å². The van der Waals surface area contributed by atoms with Gasteiger partial charge in [-0.15, -0.1) is 0 Å². The van der Waals surface area contributed by atoms with Crippen LogP contribution in [0.2, 0.25) is 0 Å². The lowest BCUT2D eigenvalue weighted by Crippen LogP contribution is -2.30. The minimum atomic E-state index is -0.220. The molecular formula is C17H17BrN2O2. The Hall–Kier alpha value is -2.14. The first kappa shape index (κ1) is 16.2. The van der Waals surface area contributed by atoms with Gasteiger partial charge in [0.15, 0.2) is 0 Å². The summed E-state index contributed by atoms with van der Waals surface area (Å²) in [6.07, 6.45) is 0. The SMILES string of the molecule is CC(C)NC(=O)c1cccc(NC(=O)c2cccc(Br)c2)c1. The van der Waals surface area contributed by atoms with Crippen LogP contribution in [0.1, 0.15) is 34.6 Å². The summed E-state index contributed by atoms with van der Waals surface area (Å²) in [5.74, 6) is -0.378. The number of halogens is 1. The third-order valence-electron chi connectivity index (χ3n) is 2.89. The molecule has 22 heavy (non-hydrogen) atoms. The number of hydrogen-bond acceptors (Lipinski definition) is 2. The van der Waals surface area contributed by atoms with Crippen molar-refractivity contribution in [3.8, 4) is 0 Å². The van der Waals surface area contributed by atoms with E-state index in [1.54, 1.807) is 42.5 Å². The third kappa shape index (κ3) is 4.43. The topological polar surface area (TPSA) is 58.2 Å². The van der Waals surface area contributed by atoms with E-state index in [0.29, 0.717) is 16.8 Å². The summed E-state index contributed by atoms with van der Waals surface area (Å²) >= 11 is 3.34. The summed E-state index contributed by atoms with van der Waals surface area (Å²) in [6, 6.07) is 14.1. The quantitative estimate of drug-likeness (QED) is 0.869. The van der Waals surface area contributed by atoms with E-state index in [1.165, 1.54) is 0 Å². The molecule has 0 bridgehead atoms. The second-order valence-electron chi connectivity index (χ2n) is 5.17. The lowest BCUT2D eigenvalue weighted by Gasteiger charge is -2.10. The van der Waals surface area contributed by atoms with Crippen molar-refractivity contribution in [1.82, 2.24) is 5.32 Å². The summed E-state index contributed by atoms with van der Waals surface area (Å²) in [5, 5.41) is 5.62. The molecule has 0 fully saturated rings. The molecule has 0 unspecified atom stereocenters. The number of nitrogens with one attached hydrogen (secondary N) is 2. The highest BCUT2D eigenvalue weighted by Crippen LogP contribution is 2.15. The van der Waals surface area contributed by atoms with Gasteiger partial charge < -0.3 is 10.6 Å². The molecule has 5 heteroatoms. The molecule has 0 saturated heterocycles. The number of amides is 2. The lowest BCUT2D eigenvalue weighted by molar-refractivity contribution is 0.0942. The van der Waals surface area contributed by atoms with Crippen LogP contribution < -0.4 is 10.6 Å². The molecular weight excluding hydrogens is 344 g/mol. The monoisotopic (exact) mass is 360 g/mol. The van der Waals surface area contributed by atoms with Gasteiger partial charge in [-0.25, -0.2) is 0 Å². The molecule has 2 N–H and O–H groups in total. The Morgan fingerprint density at radius 2 is 1.59 bits per heavy atom. The van der Waals surface area contributed by atoms with Gasteiger partial charge >= 0.3 is 0 Å². The summed E-state index contributed by atoms with van der Waals surface area (Å²) in [7, 11) is 0. The second-order valence-corrected chi connectivity index (χ2v) is 6.09. The molecule has 0 aliphatic carbocycles. The molecule has 0 radical (unpaired) electrons. The van der Waals surface area contributed by atoms with Crippen LogP contribution >= 0.6 is 15.9 Å². The Labute approximate surface area is 138 Å². The highest BCUT2D eigenvalue weighted by Gasteiger charge is 2.10. The van der Waals surface area contributed by atoms with E-state index in [4.69, 9.17) is 0 Å². The van der Waals surface area contributed by atoms with Gasteiger partial charge in [0.25, 0.3) is 11.8 Å². The van der Waals surface area contributed by atoms with Crippen molar-refractivity contribution in [2.24, 2.45) is 0 Å². The Morgan fingerprint density at radius 3 is 2.23 bits per heavy atom. The first-order chi connectivity index (χ1) is 10.5. The van der Waals surface area contributed by atoms with E-state index in [9.17, 15) is 9.59 Å². The van der Waals surface area contributed by atoms with E-state index in [-0.39, 0.29) is 17.9 Å². The number of benzene rings is 2. The highest BCUT2D eigenvalue weighted by molar-refractivity contribution is 9.10. The summed E-state index contributed by atoms with van der Waals surface area (Å²) in [4.78, 5) is 24.2. The Morgan fingerprint density at radius 1 is 0.955 bits per heavy atom. The predicted molar refractivity (Wildman–Crippen MR) is 91.1 cm³/mol. The van der Waals surface area contributed by atoms with E-state index in [2.05, 4.69) is 26.6 Å². The molecule has 0 spiro atoms. The standard InChI is InChI=1S/C17H17BrN2O2/c1-11(2)19-16(21)13-6-4-8-15(10-13)20-17(22)12-5-3-7-14(18)9-12/h3-11H,1-2H3,(H,19,21)(H,20,22). The average molecular weight is 361 g/mol. The summed E-state index contributed by atoms with van der Waals surface area (Å²) in [6.45, 7) is 3.80. The van der Waals surface area contributed by atoms with Crippen LogP contribution in [-0.4, -0.2) is 17.9 Å². The highest BCUT2D eigenvalue weighted by atomic mass is 79.9. The molecule has 0 saturated carbocycles. The van der Waals surface area contributed by atoms with Crippen molar-refractivity contribution in [3.05, 3.63) is 64.1 Å². The number of carbonyl (C=O) groups excluding carboxylic acids is 2. The van der Waals surface area contributed by atoms with E-state index >= 15 is 0 Å².